The van der Waals surface area contributed by atoms with E-state index < -0.39 is 0 Å². The third-order valence-corrected chi connectivity index (χ3v) is 3.77. The second-order valence-electron chi connectivity index (χ2n) is 5.54. The molecule has 0 unspecified atom stereocenters. The predicted octanol–water partition coefficient (Wildman–Crippen LogP) is 5.09. The highest BCUT2D eigenvalue weighted by molar-refractivity contribution is 5.81. The molecule has 3 heteroatoms. The van der Waals surface area contributed by atoms with Gasteiger partial charge in [-0.15, -0.1) is 0 Å². The Bertz CT molecular complexity index is 554. The Labute approximate surface area is 139 Å². The van der Waals surface area contributed by atoms with Gasteiger partial charge in [-0.3, -0.25) is 4.99 Å². The van der Waals surface area contributed by atoms with Gasteiger partial charge in [0.25, 0.3) is 0 Å². The monoisotopic (exact) mass is 310 g/mol. The molecule has 23 heavy (non-hydrogen) atoms. The largest absolute Gasteiger partial charge is 0.378 e. The zero-order chi connectivity index (χ0) is 15.0. The van der Waals surface area contributed by atoms with E-state index in [0.717, 1.165) is 24.6 Å². The van der Waals surface area contributed by atoms with Crippen molar-refractivity contribution in [3.8, 4) is 5.75 Å². The first-order valence-electron chi connectivity index (χ1n) is 7.99. The number of nitrogens with zero attached hydrogens (tertiary/aromatic N) is 2. The quantitative estimate of drug-likeness (QED) is 0.735. The van der Waals surface area contributed by atoms with E-state index in [9.17, 15) is 0 Å². The fourth-order valence-electron chi connectivity index (χ4n) is 2.60. The van der Waals surface area contributed by atoms with Crippen LogP contribution in [0.5, 0.6) is 5.75 Å². The lowest BCUT2D eigenvalue weighted by atomic mass is 10.2. The van der Waals surface area contributed by atoms with Gasteiger partial charge >= 0.3 is 0 Å². The van der Waals surface area contributed by atoms with Crippen LogP contribution in [-0.2, 0) is 6.54 Å². The molecule has 0 atom stereocenters. The summed E-state index contributed by atoms with van der Waals surface area (Å²) in [7, 11) is 0. The van der Waals surface area contributed by atoms with Crippen LogP contribution in [-0.4, -0.2) is 17.4 Å². The van der Waals surface area contributed by atoms with Crippen molar-refractivity contribution >= 4 is 5.84 Å². The molecule has 0 aromatic heterocycles. The molecule has 0 spiro atoms. The van der Waals surface area contributed by atoms with E-state index in [0.29, 0.717) is 6.54 Å². The molecule has 3 nitrogen and oxygen atoms in total. The number of hydrogen-bond donors (Lipinski definition) is 0. The Hall–Kier alpha value is -2.29. The molecule has 1 aliphatic rings. The van der Waals surface area contributed by atoms with Gasteiger partial charge in [-0.05, 0) is 30.5 Å². The van der Waals surface area contributed by atoms with Crippen LogP contribution in [0.2, 0.25) is 0 Å². The average molecular weight is 310 g/mol. The molecule has 0 amide bonds. The topological polar surface area (TPSA) is 24.8 Å². The molecule has 0 fully saturated rings. The molecule has 0 saturated carbocycles. The first-order valence-corrected chi connectivity index (χ1v) is 7.99. The van der Waals surface area contributed by atoms with Gasteiger partial charge in [-0.1, -0.05) is 62.4 Å². The fraction of sp³-hybridized carbons (Fsp3) is 0.350. The molecule has 0 saturated heterocycles. The Kier molecular flexibility index (Phi) is 6.67. The third-order valence-electron chi connectivity index (χ3n) is 3.77. The zero-order valence-electron chi connectivity index (χ0n) is 12.8. The first kappa shape index (κ1) is 17.1. The van der Waals surface area contributed by atoms with E-state index in [4.69, 9.17) is 9.83 Å². The Balaban J connectivity index is 0.00000192. The second kappa shape index (κ2) is 8.99. The molecule has 1 heterocycles. The van der Waals surface area contributed by atoms with Gasteiger partial charge in [-0.2, -0.15) is 5.06 Å². The number of hydrogen-bond acceptors (Lipinski definition) is 3. The van der Waals surface area contributed by atoms with Crippen LogP contribution in [0.25, 0.3) is 0 Å². The third kappa shape index (κ3) is 5.13. The van der Waals surface area contributed by atoms with Gasteiger partial charge in [-0.25, -0.2) is 0 Å². The van der Waals surface area contributed by atoms with Crippen LogP contribution in [0, 0.1) is 0 Å². The highest BCUT2D eigenvalue weighted by Gasteiger charge is 2.16. The van der Waals surface area contributed by atoms with Crippen molar-refractivity contribution in [3.05, 3.63) is 66.2 Å². The minimum Gasteiger partial charge on any atom is -0.378 e. The lowest BCUT2D eigenvalue weighted by Gasteiger charge is -2.25. The molecule has 3 rings (SSSR count). The molecule has 2 aromatic carbocycles. The van der Waals surface area contributed by atoms with Crippen molar-refractivity contribution in [2.75, 3.05) is 6.54 Å². The van der Waals surface area contributed by atoms with E-state index in [2.05, 4.69) is 24.3 Å². The smallest absolute Gasteiger partial charge is 0.155 e. The molecule has 2 aromatic rings. The zero-order valence-corrected chi connectivity index (χ0v) is 12.8. The minimum absolute atomic E-state index is 0. The second-order valence-corrected chi connectivity index (χ2v) is 5.54. The van der Waals surface area contributed by atoms with Crippen molar-refractivity contribution in [2.45, 2.75) is 39.7 Å². The standard InChI is InChI=1S/C19H22N2O.CH4/c1-4-10-17(11-5-1)16-21(19-14-8-3-9-15-20-19)22-18-12-6-2-7-13-18;/h1-2,4-7,10-13H,3,8-9,14-16H2;1H4. The van der Waals surface area contributed by atoms with E-state index in [1.54, 1.807) is 0 Å². The number of hydroxylamine groups is 2. The van der Waals surface area contributed by atoms with Gasteiger partial charge in [0.15, 0.2) is 5.75 Å². The molecule has 0 aliphatic carbocycles. The van der Waals surface area contributed by atoms with E-state index in [-0.39, 0.29) is 7.43 Å². The van der Waals surface area contributed by atoms with Gasteiger partial charge in [0.05, 0.1) is 6.54 Å². The normalized spacial score (nSPS) is 14.2. The van der Waals surface area contributed by atoms with E-state index in [1.165, 1.54) is 24.8 Å². The Morgan fingerprint density at radius 3 is 2.30 bits per heavy atom. The maximum absolute atomic E-state index is 6.12. The molecule has 0 N–H and O–H groups in total. The summed E-state index contributed by atoms with van der Waals surface area (Å²) in [5.74, 6) is 1.91. The maximum Gasteiger partial charge on any atom is 0.155 e. The van der Waals surface area contributed by atoms with Crippen molar-refractivity contribution in [1.82, 2.24) is 5.06 Å². The Morgan fingerprint density at radius 1 is 0.870 bits per heavy atom. The summed E-state index contributed by atoms with van der Waals surface area (Å²) in [4.78, 5) is 10.8. The van der Waals surface area contributed by atoms with Crippen LogP contribution < -0.4 is 4.84 Å². The van der Waals surface area contributed by atoms with Crippen LogP contribution in [0.1, 0.15) is 38.7 Å². The summed E-state index contributed by atoms with van der Waals surface area (Å²) >= 11 is 0. The van der Waals surface area contributed by atoms with Crippen molar-refractivity contribution in [1.29, 1.82) is 0 Å². The van der Waals surface area contributed by atoms with Gasteiger partial charge in [0.1, 0.15) is 5.84 Å². The van der Waals surface area contributed by atoms with Crippen LogP contribution in [0.15, 0.2) is 65.7 Å². The maximum atomic E-state index is 6.12. The van der Waals surface area contributed by atoms with Crippen LogP contribution in [0.3, 0.4) is 0 Å². The predicted molar refractivity (Wildman–Crippen MR) is 96.6 cm³/mol. The molecular formula is C20H26N2O. The number of aliphatic imine (C=N–C) groups is 1. The SMILES string of the molecule is C.c1ccc(CN(Oc2ccccc2)C2=NCCCCC2)cc1. The van der Waals surface area contributed by atoms with Crippen molar-refractivity contribution in [2.24, 2.45) is 4.99 Å². The summed E-state index contributed by atoms with van der Waals surface area (Å²) in [6, 6.07) is 20.3. The highest BCUT2D eigenvalue weighted by atomic mass is 16.7. The van der Waals surface area contributed by atoms with Gasteiger partial charge in [0.2, 0.25) is 0 Å². The highest BCUT2D eigenvalue weighted by Crippen LogP contribution is 2.17. The summed E-state index contributed by atoms with van der Waals surface area (Å²) in [5.41, 5.74) is 1.23. The molecule has 122 valence electrons. The Morgan fingerprint density at radius 2 is 1.57 bits per heavy atom. The molecule has 0 radical (unpaired) electrons. The summed E-state index contributed by atoms with van der Waals surface area (Å²) in [6.07, 6.45) is 4.59. The summed E-state index contributed by atoms with van der Waals surface area (Å²) in [5, 5.41) is 1.95. The summed E-state index contributed by atoms with van der Waals surface area (Å²) < 4.78 is 0. The number of rotatable bonds is 4. The lowest BCUT2D eigenvalue weighted by Crippen LogP contribution is -2.33. The minimum atomic E-state index is 0. The van der Waals surface area contributed by atoms with Crippen molar-refractivity contribution < 1.29 is 4.84 Å². The number of amidine groups is 1. The lowest BCUT2D eigenvalue weighted by molar-refractivity contribution is 0.00790. The summed E-state index contributed by atoms with van der Waals surface area (Å²) in [6.45, 7) is 1.62. The molecular weight excluding hydrogens is 284 g/mol. The van der Waals surface area contributed by atoms with Gasteiger partial charge in [0, 0.05) is 13.0 Å². The fourth-order valence-corrected chi connectivity index (χ4v) is 2.60. The van der Waals surface area contributed by atoms with E-state index >= 15 is 0 Å². The molecule has 1 aliphatic heterocycles. The van der Waals surface area contributed by atoms with Gasteiger partial charge < -0.3 is 4.84 Å². The first-order chi connectivity index (χ1) is 10.9. The van der Waals surface area contributed by atoms with Crippen LogP contribution in [0.4, 0.5) is 0 Å². The number of para-hydroxylation sites is 1. The van der Waals surface area contributed by atoms with Crippen LogP contribution >= 0.6 is 0 Å². The average Bonchev–Trinajstić information content (AvgIpc) is 2.85. The molecule has 0 bridgehead atoms. The number of benzene rings is 2. The van der Waals surface area contributed by atoms with Crippen molar-refractivity contribution in [3.63, 3.8) is 0 Å². The van der Waals surface area contributed by atoms with E-state index in [1.807, 2.05) is 41.5 Å².